The van der Waals surface area contributed by atoms with Crippen LogP contribution in [0, 0.1) is 0 Å². The van der Waals surface area contributed by atoms with Crippen molar-refractivity contribution in [1.82, 2.24) is 30.3 Å². The number of nitrogens with one attached hydrogen (secondary N) is 3. The van der Waals surface area contributed by atoms with Crippen molar-refractivity contribution in [1.29, 1.82) is 0 Å². The van der Waals surface area contributed by atoms with Crippen molar-refractivity contribution < 1.29 is 13.2 Å². The van der Waals surface area contributed by atoms with Crippen molar-refractivity contribution in [2.24, 2.45) is 0 Å². The van der Waals surface area contributed by atoms with Crippen LogP contribution in [0.1, 0.15) is 5.56 Å². The van der Waals surface area contributed by atoms with Gasteiger partial charge >= 0.3 is 6.18 Å². The summed E-state index contributed by atoms with van der Waals surface area (Å²) in [5, 5.41) is 22.0. The quantitative estimate of drug-likeness (QED) is 0.396. The van der Waals surface area contributed by atoms with Gasteiger partial charge in [0, 0.05) is 24.0 Å². The summed E-state index contributed by atoms with van der Waals surface area (Å²) in [4.78, 5) is 6.32. The van der Waals surface area contributed by atoms with E-state index in [1.165, 1.54) is 18.2 Å². The van der Waals surface area contributed by atoms with Gasteiger partial charge in [-0.15, -0.1) is 10.2 Å². The lowest BCUT2D eigenvalue weighted by Gasteiger charge is -2.16. The molecule has 0 fully saturated rings. The number of rotatable bonds is 7. The predicted molar refractivity (Wildman–Crippen MR) is 117 cm³/mol. The third-order valence-electron chi connectivity index (χ3n) is 4.73. The van der Waals surface area contributed by atoms with Crippen molar-refractivity contribution in [3.05, 3.63) is 54.1 Å². The summed E-state index contributed by atoms with van der Waals surface area (Å²) in [5.41, 5.74) is -0.0360. The molecule has 0 amide bonds. The fourth-order valence-corrected chi connectivity index (χ4v) is 3.19. The lowest BCUT2D eigenvalue weighted by atomic mass is 10.0. The van der Waals surface area contributed by atoms with E-state index in [2.05, 4.69) is 36.0 Å². The van der Waals surface area contributed by atoms with Crippen LogP contribution in [0.25, 0.3) is 22.2 Å². The smallest absolute Gasteiger partial charge is 0.365 e. The molecule has 3 N–H and O–H groups in total. The lowest BCUT2D eigenvalue weighted by molar-refractivity contribution is -0.137. The molecule has 0 atom stereocenters. The molecule has 2 aromatic carbocycles. The van der Waals surface area contributed by atoms with Crippen LogP contribution in [0.5, 0.6) is 0 Å². The monoisotopic (exact) mass is 442 g/mol. The number of H-pyrrole nitrogens is 1. The first-order chi connectivity index (χ1) is 15.3. The normalized spacial score (nSPS) is 11.8. The second kappa shape index (κ2) is 8.79. The van der Waals surface area contributed by atoms with Gasteiger partial charge in [-0.1, -0.05) is 30.3 Å². The van der Waals surface area contributed by atoms with Gasteiger partial charge in [-0.3, -0.25) is 5.10 Å². The Balaban J connectivity index is 1.75. The van der Waals surface area contributed by atoms with E-state index in [-0.39, 0.29) is 23.0 Å². The van der Waals surface area contributed by atoms with Crippen molar-refractivity contribution in [3.8, 4) is 11.3 Å². The molecule has 0 aliphatic heterocycles. The van der Waals surface area contributed by atoms with Crippen molar-refractivity contribution >= 4 is 28.5 Å². The summed E-state index contributed by atoms with van der Waals surface area (Å²) in [6, 6.07) is 12.7. The molecule has 0 radical (unpaired) electrons. The van der Waals surface area contributed by atoms with Gasteiger partial charge in [0.2, 0.25) is 5.95 Å². The maximum Gasteiger partial charge on any atom is 0.417 e. The maximum absolute atomic E-state index is 13.7. The predicted octanol–water partition coefficient (Wildman–Crippen LogP) is 4.15. The van der Waals surface area contributed by atoms with E-state index in [1.807, 2.05) is 43.3 Å². The van der Waals surface area contributed by atoms with Crippen LogP contribution in [-0.4, -0.2) is 57.5 Å². The summed E-state index contributed by atoms with van der Waals surface area (Å²) in [6.45, 7) is 1.11. The first-order valence-corrected chi connectivity index (χ1v) is 9.83. The molecule has 0 unspecified atom stereocenters. The third kappa shape index (κ3) is 4.62. The highest BCUT2D eigenvalue weighted by Gasteiger charge is 2.34. The van der Waals surface area contributed by atoms with E-state index in [9.17, 15) is 13.2 Å². The molecule has 32 heavy (non-hydrogen) atoms. The first-order valence-electron chi connectivity index (χ1n) is 9.83. The number of hydrogen-bond acceptors (Lipinski definition) is 7. The zero-order chi connectivity index (χ0) is 22.7. The second-order valence-electron chi connectivity index (χ2n) is 7.35. The maximum atomic E-state index is 13.7. The standard InChI is InChI=1S/C21H21F3N8/c1-32(2)12-11-25-19-17(13-7-3-5-9-15(13)21(22,23)24)26-20(31-30-19)27-18-14-8-4-6-10-16(14)28-29-18/h3-10H,11-12H2,1-2H3,(H,25,30)(H2,26,27,28,29,31). The molecule has 8 nitrogen and oxygen atoms in total. The van der Waals surface area contributed by atoms with Gasteiger partial charge in [0.05, 0.1) is 11.1 Å². The molecule has 0 saturated heterocycles. The number of anilines is 3. The van der Waals surface area contributed by atoms with Gasteiger partial charge in [-0.2, -0.15) is 18.3 Å². The minimum atomic E-state index is -4.55. The summed E-state index contributed by atoms with van der Waals surface area (Å²) >= 11 is 0. The van der Waals surface area contributed by atoms with Crippen molar-refractivity contribution in [3.63, 3.8) is 0 Å². The van der Waals surface area contributed by atoms with Crippen molar-refractivity contribution in [2.75, 3.05) is 37.8 Å². The highest BCUT2D eigenvalue weighted by Crippen LogP contribution is 2.38. The van der Waals surface area contributed by atoms with Gasteiger partial charge in [-0.05, 0) is 32.3 Å². The Morgan fingerprint density at radius 3 is 2.50 bits per heavy atom. The molecule has 0 aliphatic carbocycles. The highest BCUT2D eigenvalue weighted by atomic mass is 19.4. The molecule has 11 heteroatoms. The lowest BCUT2D eigenvalue weighted by Crippen LogP contribution is -2.22. The summed E-state index contributed by atoms with van der Waals surface area (Å²) in [5.74, 6) is 0.652. The van der Waals surface area contributed by atoms with E-state index in [0.717, 1.165) is 17.0 Å². The number of likely N-dealkylation sites (N-methyl/N-ethyl adjacent to an activating group) is 1. The number of benzene rings is 2. The minimum Gasteiger partial charge on any atom is -0.365 e. The van der Waals surface area contributed by atoms with E-state index in [1.54, 1.807) is 0 Å². The SMILES string of the molecule is CN(C)CCNc1nnc(Nc2n[nH]c3ccccc23)nc1-c1ccccc1C(F)(F)F. The van der Waals surface area contributed by atoms with E-state index < -0.39 is 11.7 Å². The van der Waals surface area contributed by atoms with E-state index in [4.69, 9.17) is 0 Å². The number of aromatic nitrogens is 5. The van der Waals surface area contributed by atoms with Crippen LogP contribution in [-0.2, 0) is 6.18 Å². The molecule has 4 rings (SSSR count). The number of aromatic amines is 1. The molecule has 0 saturated carbocycles. The van der Waals surface area contributed by atoms with Crippen LogP contribution in [0.15, 0.2) is 48.5 Å². The number of nitrogens with zero attached hydrogens (tertiary/aromatic N) is 5. The Morgan fingerprint density at radius 1 is 0.969 bits per heavy atom. The van der Waals surface area contributed by atoms with Crippen LogP contribution in [0.2, 0.25) is 0 Å². The molecule has 4 aromatic rings. The number of halogens is 3. The summed E-state index contributed by atoms with van der Waals surface area (Å²) in [7, 11) is 3.79. The molecular weight excluding hydrogens is 421 g/mol. The molecule has 166 valence electrons. The van der Waals surface area contributed by atoms with Crippen LogP contribution >= 0.6 is 0 Å². The molecule has 0 spiro atoms. The zero-order valence-electron chi connectivity index (χ0n) is 17.4. The van der Waals surface area contributed by atoms with E-state index in [0.29, 0.717) is 18.9 Å². The van der Waals surface area contributed by atoms with Crippen LogP contribution < -0.4 is 10.6 Å². The third-order valence-corrected chi connectivity index (χ3v) is 4.73. The van der Waals surface area contributed by atoms with Gasteiger partial charge in [0.25, 0.3) is 0 Å². The first kappa shape index (κ1) is 21.5. The van der Waals surface area contributed by atoms with E-state index >= 15 is 0 Å². The molecule has 0 aliphatic rings. The molecular formula is C21H21F3N8. The molecule has 2 aromatic heterocycles. The Bertz CT molecular complexity index is 1220. The van der Waals surface area contributed by atoms with Crippen molar-refractivity contribution in [2.45, 2.75) is 6.18 Å². The summed E-state index contributed by atoms with van der Waals surface area (Å²) in [6.07, 6.45) is -4.55. The van der Waals surface area contributed by atoms with Gasteiger partial charge in [0.1, 0.15) is 5.69 Å². The Hall–Kier alpha value is -3.73. The Morgan fingerprint density at radius 2 is 1.72 bits per heavy atom. The molecule has 0 bridgehead atoms. The fraction of sp³-hybridized carbons (Fsp3) is 0.238. The number of para-hydroxylation sites is 1. The number of alkyl halides is 3. The largest absolute Gasteiger partial charge is 0.417 e. The van der Waals surface area contributed by atoms with Gasteiger partial charge in [0.15, 0.2) is 11.6 Å². The van der Waals surface area contributed by atoms with Crippen LogP contribution in [0.3, 0.4) is 0 Å². The highest BCUT2D eigenvalue weighted by molar-refractivity contribution is 5.90. The Kier molecular flexibility index (Phi) is 5.91. The molecule has 2 heterocycles. The Labute approximate surface area is 181 Å². The van der Waals surface area contributed by atoms with Gasteiger partial charge in [-0.25, -0.2) is 4.98 Å². The second-order valence-corrected chi connectivity index (χ2v) is 7.35. The number of hydrogen-bond donors (Lipinski definition) is 3. The number of fused-ring (bicyclic) bond motifs is 1. The average molecular weight is 442 g/mol. The summed E-state index contributed by atoms with van der Waals surface area (Å²) < 4.78 is 41.0. The fourth-order valence-electron chi connectivity index (χ4n) is 3.19. The topological polar surface area (TPSA) is 94.6 Å². The zero-order valence-corrected chi connectivity index (χ0v) is 17.4. The van der Waals surface area contributed by atoms with Gasteiger partial charge < -0.3 is 15.5 Å². The average Bonchev–Trinajstić information content (AvgIpc) is 3.17. The van der Waals surface area contributed by atoms with Crippen LogP contribution in [0.4, 0.5) is 30.8 Å². The minimum absolute atomic E-state index is 0.0346.